The average molecular weight is 593 g/mol. The van der Waals surface area contributed by atoms with E-state index in [-0.39, 0.29) is 34.9 Å². The van der Waals surface area contributed by atoms with E-state index in [1.807, 2.05) is 0 Å². The van der Waals surface area contributed by atoms with E-state index in [9.17, 15) is 44.8 Å². The number of quaternary nitrogens is 2. The number of hydrogen-bond acceptors (Lipinski definition) is 10. The minimum atomic E-state index is -1.65. The van der Waals surface area contributed by atoms with Crippen molar-refractivity contribution in [2.24, 2.45) is 35.0 Å². The Balaban J connectivity index is 1.52. The van der Waals surface area contributed by atoms with Gasteiger partial charge in [0.05, 0.1) is 41.7 Å². The molecule has 2 bridgehead atoms. The number of amides is 4. The Morgan fingerprint density at radius 3 is 1.67 bits per heavy atom. The fourth-order valence-electron chi connectivity index (χ4n) is 7.87. The summed E-state index contributed by atoms with van der Waals surface area (Å²) < 4.78 is 5.35. The zero-order chi connectivity index (χ0) is 31.1. The number of ether oxygens (including phenoxy) is 1. The molecule has 2 aliphatic heterocycles. The van der Waals surface area contributed by atoms with Crippen LogP contribution in [-0.4, -0.2) is 46.6 Å². The van der Waals surface area contributed by atoms with Crippen LogP contribution in [0.2, 0.25) is 0 Å². The smallest absolute Gasteiger partial charge is 0.334 e. The number of imide groups is 2. The number of esters is 1. The van der Waals surface area contributed by atoms with Gasteiger partial charge in [-0.1, -0.05) is 24.6 Å². The maximum Gasteiger partial charge on any atom is 0.334 e. The molecule has 14 heteroatoms. The lowest BCUT2D eigenvalue weighted by molar-refractivity contribution is -0.991. The largest absolute Gasteiger partial charge is 0.595 e. The molecule has 7 rings (SSSR count). The van der Waals surface area contributed by atoms with Gasteiger partial charge in [-0.15, -0.1) is 0 Å². The fourth-order valence-corrected chi connectivity index (χ4v) is 7.87. The molecule has 43 heavy (non-hydrogen) atoms. The van der Waals surface area contributed by atoms with Gasteiger partial charge in [-0.25, -0.2) is 25.0 Å². The third-order valence-electron chi connectivity index (χ3n) is 9.38. The van der Waals surface area contributed by atoms with Crippen molar-refractivity contribution in [3.05, 3.63) is 70.1 Å². The number of nitrogens with zero attached hydrogens (tertiary/aromatic N) is 2. The van der Waals surface area contributed by atoms with Gasteiger partial charge in [0.2, 0.25) is 23.6 Å². The number of nitrogens with one attached hydrogen (secondary N) is 2. The molecular formula is C29H28N4O10. The molecule has 2 aromatic rings. The van der Waals surface area contributed by atoms with Gasteiger partial charge in [0.25, 0.3) is 0 Å². The summed E-state index contributed by atoms with van der Waals surface area (Å²) in [6.45, 7) is 4.73. The van der Waals surface area contributed by atoms with Crippen molar-refractivity contribution in [1.29, 1.82) is 0 Å². The van der Waals surface area contributed by atoms with Gasteiger partial charge in [0.15, 0.2) is 11.4 Å². The molecule has 0 spiro atoms. The van der Waals surface area contributed by atoms with Gasteiger partial charge < -0.3 is 15.2 Å². The second-order valence-electron chi connectivity index (χ2n) is 11.3. The molecule has 0 aromatic heterocycles. The van der Waals surface area contributed by atoms with Gasteiger partial charge in [-0.2, -0.15) is 10.5 Å². The third-order valence-corrected chi connectivity index (χ3v) is 9.38. The number of rotatable bonds is 6. The summed E-state index contributed by atoms with van der Waals surface area (Å²) in [7, 11) is 0. The van der Waals surface area contributed by atoms with Crippen LogP contribution in [0.1, 0.15) is 20.8 Å². The Bertz CT molecular complexity index is 1540. The van der Waals surface area contributed by atoms with Crippen molar-refractivity contribution in [1.82, 2.24) is 0 Å². The maximum absolute atomic E-state index is 14.2. The number of allylic oxidation sites excluding steroid dienone is 1. The topological polar surface area (TPSA) is 197 Å². The predicted molar refractivity (Wildman–Crippen MR) is 144 cm³/mol. The van der Waals surface area contributed by atoms with Gasteiger partial charge >= 0.3 is 5.97 Å². The highest BCUT2D eigenvalue weighted by molar-refractivity contribution is 6.27. The fraction of sp³-hybridized carbons (Fsp3) is 0.345. The lowest BCUT2D eigenvalue weighted by Gasteiger charge is -2.55. The number of hydrogen-bond donors (Lipinski definition) is 4. The summed E-state index contributed by atoms with van der Waals surface area (Å²) in [5, 5.41) is 39.7. The summed E-state index contributed by atoms with van der Waals surface area (Å²) >= 11 is 0. The molecule has 224 valence electrons. The number of carbonyl (C=O) groups is 5. The van der Waals surface area contributed by atoms with Crippen LogP contribution < -0.4 is 20.3 Å². The summed E-state index contributed by atoms with van der Waals surface area (Å²) in [5.41, 5.74) is -1.47. The Kier molecular flexibility index (Phi) is 6.61. The molecular weight excluding hydrogens is 564 g/mol. The van der Waals surface area contributed by atoms with Crippen molar-refractivity contribution in [3.63, 3.8) is 0 Å². The van der Waals surface area contributed by atoms with Crippen molar-refractivity contribution in [3.8, 4) is 0 Å². The third kappa shape index (κ3) is 3.78. The second kappa shape index (κ2) is 9.87. The molecule has 4 N–H and O–H groups in total. The molecule has 5 aliphatic rings. The second-order valence-corrected chi connectivity index (χ2v) is 11.3. The summed E-state index contributed by atoms with van der Waals surface area (Å²) in [6, 6.07) is 10.7. The Morgan fingerprint density at radius 2 is 1.28 bits per heavy atom. The van der Waals surface area contributed by atoms with E-state index in [0.29, 0.717) is 5.57 Å². The molecule has 6 atom stereocenters. The standard InChI is InChI=1S/C29H28N4O10/c1-4-43-28(38)21-13(2)18-19-22(26(36)30(24(19)34)14-7-5-9-16(11-14)32(39)40)29(21,3)23-20(18)25(35)31(27(23)37)15-8-6-10-17(12-15)33(41)42/h5-12,18-20,22-23,32-33,39,41H,4H2,1-3H3. The molecule has 3 aliphatic carbocycles. The van der Waals surface area contributed by atoms with Gasteiger partial charge in [0.1, 0.15) is 0 Å². The van der Waals surface area contributed by atoms with E-state index in [1.54, 1.807) is 13.8 Å². The van der Waals surface area contributed by atoms with E-state index in [1.165, 1.54) is 55.5 Å². The van der Waals surface area contributed by atoms with Crippen LogP contribution in [-0.2, 0) is 28.7 Å². The minimum Gasteiger partial charge on any atom is -0.595 e. The number of benzene rings is 2. The number of anilines is 2. The first-order chi connectivity index (χ1) is 20.4. The molecule has 3 fully saturated rings. The monoisotopic (exact) mass is 592 g/mol. The van der Waals surface area contributed by atoms with E-state index in [2.05, 4.69) is 0 Å². The molecule has 6 unspecified atom stereocenters. The number of carbonyl (C=O) groups excluding carboxylic acids is 5. The van der Waals surface area contributed by atoms with Crippen LogP contribution in [0, 0.1) is 45.4 Å². The normalized spacial score (nSPS) is 31.0. The van der Waals surface area contributed by atoms with Gasteiger partial charge in [-0.3, -0.25) is 19.2 Å². The molecule has 14 nitrogen and oxygen atoms in total. The zero-order valence-electron chi connectivity index (χ0n) is 23.3. The quantitative estimate of drug-likeness (QED) is 0.200. The molecule has 4 amide bonds. The first-order valence-electron chi connectivity index (χ1n) is 13.7. The first-order valence-corrected chi connectivity index (χ1v) is 13.7. The van der Waals surface area contributed by atoms with Crippen LogP contribution in [0.25, 0.3) is 0 Å². The molecule has 2 aromatic carbocycles. The zero-order valence-corrected chi connectivity index (χ0v) is 23.3. The molecule has 0 radical (unpaired) electrons. The Labute approximate surface area is 244 Å². The minimum absolute atomic E-state index is 0.000511. The SMILES string of the molecule is CCOC(=O)C1=C(C)C2C3C(=O)N(c4cccc([NH+]([O-])O)c4)C(=O)C3C1(C)C1C(=O)N(c3cccc([NH+]([O-])O)c3)C(=O)C21. The average Bonchev–Trinajstić information content (AvgIpc) is 3.39. The van der Waals surface area contributed by atoms with Crippen LogP contribution in [0.4, 0.5) is 22.7 Å². The highest BCUT2D eigenvalue weighted by Gasteiger charge is 2.77. The lowest BCUT2D eigenvalue weighted by Crippen LogP contribution is -2.99. The molecule has 1 saturated carbocycles. The first kappa shape index (κ1) is 28.8. The van der Waals surface area contributed by atoms with Crippen LogP contribution in [0.3, 0.4) is 0 Å². The van der Waals surface area contributed by atoms with Crippen molar-refractivity contribution in [2.45, 2.75) is 20.8 Å². The van der Waals surface area contributed by atoms with Gasteiger partial charge in [-0.05, 0) is 26.0 Å². The van der Waals surface area contributed by atoms with E-state index >= 15 is 0 Å². The van der Waals surface area contributed by atoms with Crippen molar-refractivity contribution < 1.29 is 49.6 Å². The molecule has 2 saturated heterocycles. The summed E-state index contributed by atoms with van der Waals surface area (Å²) in [4.78, 5) is 71.9. The highest BCUT2D eigenvalue weighted by atomic mass is 16.8. The Morgan fingerprint density at radius 1 is 0.837 bits per heavy atom. The Hall–Kier alpha value is -4.31. The van der Waals surface area contributed by atoms with Crippen LogP contribution >= 0.6 is 0 Å². The predicted octanol–water partition coefficient (Wildman–Crippen LogP) is -0.0659. The highest BCUT2D eigenvalue weighted by Crippen LogP contribution is 2.68. The van der Waals surface area contributed by atoms with E-state index in [4.69, 9.17) is 4.74 Å². The maximum atomic E-state index is 14.2. The van der Waals surface area contributed by atoms with Gasteiger partial charge in [0, 0.05) is 41.2 Å². The van der Waals surface area contributed by atoms with Crippen molar-refractivity contribution >= 4 is 52.3 Å². The summed E-state index contributed by atoms with van der Waals surface area (Å²) in [6.07, 6.45) is 0. The lowest BCUT2D eigenvalue weighted by atomic mass is 9.43. The molecule has 2 heterocycles. The van der Waals surface area contributed by atoms with Crippen LogP contribution in [0.5, 0.6) is 0 Å². The van der Waals surface area contributed by atoms with Crippen molar-refractivity contribution in [2.75, 3.05) is 16.4 Å². The van der Waals surface area contributed by atoms with E-state index < -0.39 is 75.1 Å². The van der Waals surface area contributed by atoms with Crippen LogP contribution in [0.15, 0.2) is 59.7 Å². The summed E-state index contributed by atoms with van der Waals surface area (Å²) in [5.74, 6) is -9.25. The van der Waals surface area contributed by atoms with E-state index in [0.717, 1.165) is 9.80 Å².